The van der Waals surface area contributed by atoms with E-state index in [1.807, 2.05) is 39.0 Å². The van der Waals surface area contributed by atoms with Crippen LogP contribution in [0.25, 0.3) is 10.2 Å². The highest BCUT2D eigenvalue weighted by Gasteiger charge is 2.47. The molecule has 8 heteroatoms. The van der Waals surface area contributed by atoms with E-state index in [0.29, 0.717) is 29.6 Å². The molecule has 5 nitrogen and oxygen atoms in total. The third-order valence-electron chi connectivity index (χ3n) is 7.82. The largest absolute Gasteiger partial charge is 0.444 e. The Morgan fingerprint density at radius 3 is 2.36 bits per heavy atom. The van der Waals surface area contributed by atoms with Gasteiger partial charge in [0.05, 0.1) is 21.0 Å². The summed E-state index contributed by atoms with van der Waals surface area (Å²) < 4.78 is 22.3. The summed E-state index contributed by atoms with van der Waals surface area (Å²) in [6, 6.07) is 5.50. The van der Waals surface area contributed by atoms with Crippen molar-refractivity contribution in [1.29, 1.82) is 0 Å². The number of halogens is 1. The van der Waals surface area contributed by atoms with Gasteiger partial charge < -0.3 is 14.7 Å². The van der Waals surface area contributed by atoms with Crippen molar-refractivity contribution in [1.82, 2.24) is 9.88 Å². The molecule has 1 saturated heterocycles. The summed E-state index contributed by atoms with van der Waals surface area (Å²) in [6.45, 7) is 19.8. The van der Waals surface area contributed by atoms with Crippen LogP contribution < -0.4 is 4.63 Å². The first-order valence-corrected chi connectivity index (χ1v) is 16.4. The number of piperidine rings is 1. The number of alkyl halides is 1. The van der Waals surface area contributed by atoms with Crippen molar-refractivity contribution in [3.8, 4) is 0 Å². The summed E-state index contributed by atoms with van der Waals surface area (Å²) in [5, 5.41) is 11.4. The number of carbonyl (C=O) groups excluding carboxylic acids is 1. The number of aliphatic hydroxyl groups is 1. The minimum absolute atomic E-state index is 0.213. The Hall–Kier alpha value is -1.51. The Morgan fingerprint density at radius 2 is 1.81 bits per heavy atom. The summed E-state index contributed by atoms with van der Waals surface area (Å²) in [7, 11) is -1.94. The van der Waals surface area contributed by atoms with E-state index in [-0.39, 0.29) is 12.8 Å². The second kappa shape index (κ2) is 11.1. The van der Waals surface area contributed by atoms with Crippen molar-refractivity contribution in [2.24, 2.45) is 0 Å². The summed E-state index contributed by atoms with van der Waals surface area (Å²) >= 11 is 1.73. The van der Waals surface area contributed by atoms with E-state index in [4.69, 9.17) is 9.72 Å². The zero-order valence-corrected chi connectivity index (χ0v) is 25.3. The topological polar surface area (TPSA) is 62.7 Å². The number of hydrogen-bond acceptors (Lipinski definition) is 5. The van der Waals surface area contributed by atoms with Crippen LogP contribution in [-0.2, 0) is 4.74 Å². The van der Waals surface area contributed by atoms with E-state index < -0.39 is 38.1 Å². The number of thiazole rings is 1. The van der Waals surface area contributed by atoms with Gasteiger partial charge in [0.1, 0.15) is 19.8 Å². The van der Waals surface area contributed by atoms with Crippen LogP contribution >= 0.6 is 11.3 Å². The molecule has 1 aromatic carbocycles. The normalized spacial score (nSPS) is 20.6. The van der Waals surface area contributed by atoms with Crippen molar-refractivity contribution in [3.05, 3.63) is 23.8 Å². The summed E-state index contributed by atoms with van der Waals surface area (Å²) in [5.74, 6) is 0. The number of hydrogen-bond donors (Lipinski definition) is 1. The van der Waals surface area contributed by atoms with Crippen molar-refractivity contribution in [2.75, 3.05) is 6.54 Å². The number of benzene rings is 1. The van der Waals surface area contributed by atoms with E-state index in [9.17, 15) is 14.3 Å². The number of likely N-dealkylation sites (tertiary alicyclic amines) is 1. The molecule has 1 aliphatic heterocycles. The lowest BCUT2D eigenvalue weighted by Gasteiger charge is -2.41. The van der Waals surface area contributed by atoms with Crippen LogP contribution in [0.1, 0.15) is 93.2 Å². The van der Waals surface area contributed by atoms with E-state index in [0.717, 1.165) is 15.8 Å². The second-order valence-electron chi connectivity index (χ2n) is 12.3. The molecule has 0 saturated carbocycles. The highest BCUT2D eigenvalue weighted by atomic mass is 32.1. The molecule has 1 aromatic heterocycles. The van der Waals surface area contributed by atoms with Crippen molar-refractivity contribution in [3.63, 3.8) is 0 Å². The van der Waals surface area contributed by atoms with Gasteiger partial charge in [0.15, 0.2) is 0 Å². The average molecular weight is 537 g/mol. The fraction of sp³-hybridized carbons (Fsp3) is 0.714. The van der Waals surface area contributed by atoms with E-state index >= 15 is 0 Å². The summed E-state index contributed by atoms with van der Waals surface area (Å²) in [4.78, 5) is 19.6. The lowest BCUT2D eigenvalue weighted by Crippen LogP contribution is -2.55. The Kier molecular flexibility index (Phi) is 8.94. The number of carbonyl (C=O) groups is 1. The molecule has 0 unspecified atom stereocenters. The monoisotopic (exact) mass is 536 g/mol. The minimum atomic E-state index is -1.94. The van der Waals surface area contributed by atoms with Crippen LogP contribution in [0.2, 0.25) is 16.6 Å². The maximum Gasteiger partial charge on any atom is 0.410 e. The number of ether oxygens (including phenoxy) is 1. The van der Waals surface area contributed by atoms with Gasteiger partial charge in [-0.25, -0.2) is 14.2 Å². The molecule has 0 radical (unpaired) electrons. The summed E-state index contributed by atoms with van der Waals surface area (Å²) in [6.07, 6.45) is -1.47. The number of amides is 1. The molecule has 0 spiro atoms. The molecule has 2 heterocycles. The maximum atomic E-state index is 14.4. The van der Waals surface area contributed by atoms with Gasteiger partial charge in [-0.15, -0.1) is 11.3 Å². The SMILES string of the molecule is CC(C)[Si](c1nc2cccc([C@H](O)C[C@H]3C[C@H](F)CCN3C(=O)OC(C)(C)C)c2s1)(C(C)C)C(C)C. The second-order valence-corrected chi connectivity index (χ2v) is 19.5. The lowest BCUT2D eigenvalue weighted by molar-refractivity contribution is -0.00656. The van der Waals surface area contributed by atoms with Crippen LogP contribution in [0.15, 0.2) is 18.2 Å². The van der Waals surface area contributed by atoms with Gasteiger partial charge in [0.2, 0.25) is 0 Å². The van der Waals surface area contributed by atoms with Gasteiger partial charge in [-0.05, 0) is 68.3 Å². The predicted octanol–water partition coefficient (Wildman–Crippen LogP) is 7.34. The Bertz CT molecular complexity index is 1030. The molecule has 1 aliphatic rings. The molecule has 0 bridgehead atoms. The zero-order valence-electron chi connectivity index (χ0n) is 23.5. The van der Waals surface area contributed by atoms with Crippen LogP contribution in [0, 0.1) is 0 Å². The fourth-order valence-electron chi connectivity index (χ4n) is 6.33. The lowest BCUT2D eigenvalue weighted by atomic mass is 9.93. The maximum absolute atomic E-state index is 14.4. The van der Waals surface area contributed by atoms with Gasteiger partial charge in [0, 0.05) is 12.6 Å². The molecule has 36 heavy (non-hydrogen) atoms. The molecule has 1 fully saturated rings. The van der Waals surface area contributed by atoms with E-state index in [1.54, 1.807) is 16.2 Å². The molecule has 0 aliphatic carbocycles. The highest BCUT2D eigenvalue weighted by molar-refractivity contribution is 7.31. The van der Waals surface area contributed by atoms with Gasteiger partial charge in [-0.1, -0.05) is 53.7 Å². The first-order valence-electron chi connectivity index (χ1n) is 13.4. The van der Waals surface area contributed by atoms with Gasteiger partial charge >= 0.3 is 6.09 Å². The zero-order chi connectivity index (χ0) is 27.0. The number of aliphatic hydroxyl groups excluding tert-OH is 1. The minimum Gasteiger partial charge on any atom is -0.444 e. The number of rotatable bonds is 7. The van der Waals surface area contributed by atoms with Crippen molar-refractivity contribution in [2.45, 2.75) is 122 Å². The third kappa shape index (κ3) is 5.81. The molecule has 3 rings (SSSR count). The predicted molar refractivity (Wildman–Crippen MR) is 151 cm³/mol. The van der Waals surface area contributed by atoms with Crippen LogP contribution in [0.5, 0.6) is 0 Å². The van der Waals surface area contributed by atoms with Gasteiger partial charge in [-0.3, -0.25) is 0 Å². The van der Waals surface area contributed by atoms with Crippen molar-refractivity contribution >= 4 is 40.4 Å². The molecule has 3 atom stereocenters. The Morgan fingerprint density at radius 1 is 1.19 bits per heavy atom. The first kappa shape index (κ1) is 29.0. The first-order chi connectivity index (χ1) is 16.7. The quantitative estimate of drug-likeness (QED) is 0.376. The molecule has 2 aromatic rings. The highest BCUT2D eigenvalue weighted by Crippen LogP contribution is 2.43. The molecular weight excluding hydrogens is 491 g/mol. The van der Waals surface area contributed by atoms with E-state index in [1.165, 1.54) is 4.63 Å². The molecule has 202 valence electrons. The number of nitrogens with zero attached hydrogens (tertiary/aromatic N) is 2. The standard InChI is InChI=1S/C28H45FN2O3SSi/c1-17(2)36(18(3)4,19(5)6)26-30-23-12-10-11-22(25(23)35-26)24(32)16-21-15-20(29)13-14-31(21)27(33)34-28(7,8)9/h10-12,17-21,24,32H,13-16H2,1-9H3/t20-,21-,24-/m1/s1. The van der Waals surface area contributed by atoms with Crippen LogP contribution in [-0.4, -0.2) is 53.5 Å². The smallest absolute Gasteiger partial charge is 0.410 e. The van der Waals surface area contributed by atoms with E-state index in [2.05, 4.69) is 41.5 Å². The summed E-state index contributed by atoms with van der Waals surface area (Å²) in [5.41, 5.74) is 2.73. The number of fused-ring (bicyclic) bond motifs is 1. The van der Waals surface area contributed by atoms with Crippen LogP contribution in [0.3, 0.4) is 0 Å². The Labute approximate surface area is 221 Å². The van der Waals surface area contributed by atoms with Crippen LogP contribution in [0.4, 0.5) is 9.18 Å². The average Bonchev–Trinajstić information content (AvgIpc) is 3.16. The van der Waals surface area contributed by atoms with Crippen molar-refractivity contribution < 1.29 is 19.0 Å². The fourth-order valence-corrected chi connectivity index (χ4v) is 16.1. The number of aromatic nitrogens is 1. The van der Waals surface area contributed by atoms with Gasteiger partial charge in [0.25, 0.3) is 0 Å². The molecular formula is C28H45FN2O3SSi. The molecule has 1 N–H and O–H groups in total. The molecule has 1 amide bonds. The van der Waals surface area contributed by atoms with Gasteiger partial charge in [-0.2, -0.15) is 0 Å². The Balaban J connectivity index is 1.96. The third-order valence-corrected chi connectivity index (χ3v) is 16.7.